The molecule has 0 aliphatic heterocycles. The minimum Gasteiger partial charge on any atom is -0.433 e. The molecule has 10 heteroatoms. The number of hydrogen-bond donors (Lipinski definition) is 2. The lowest BCUT2D eigenvalue weighted by Crippen LogP contribution is -2.42. The monoisotopic (exact) mass is 426 g/mol. The molecule has 30 heavy (non-hydrogen) atoms. The van der Waals surface area contributed by atoms with Crippen molar-refractivity contribution < 1.29 is 26.7 Å². The molecule has 0 aliphatic rings. The summed E-state index contributed by atoms with van der Waals surface area (Å²) in [5.74, 6) is -0.171. The fraction of sp³-hybridized carbons (Fsp3) is 0.300. The van der Waals surface area contributed by atoms with Gasteiger partial charge in [-0.15, -0.1) is 0 Å². The molecule has 1 atom stereocenters. The summed E-state index contributed by atoms with van der Waals surface area (Å²) in [6.45, 7) is 1.26. The quantitative estimate of drug-likeness (QED) is 0.357. The molecule has 2 N–H and O–H groups in total. The van der Waals surface area contributed by atoms with Gasteiger partial charge in [0, 0.05) is 16.9 Å². The van der Waals surface area contributed by atoms with Gasteiger partial charge < -0.3 is 10.2 Å². The number of halogens is 5. The molecule has 0 unspecified atom stereocenters. The van der Waals surface area contributed by atoms with Gasteiger partial charge >= 0.3 is 12.8 Å². The van der Waals surface area contributed by atoms with E-state index in [4.69, 9.17) is 0 Å². The standard InChI is InChI=1S/C20H19F5N4O/c1-11(14-4-6-15(7-5-14)29-28-13(3)20(23,24)25)18(9-26)17-8-16(30-19(21)22)10-27-12(17)2/h4-8,10,13,19,28-29H,1-3H3/b18-11+/t13-/m0/s1. The Labute approximate surface area is 170 Å². The normalized spacial score (nSPS) is 13.5. The Bertz CT molecular complexity index is 949. The van der Waals surface area contributed by atoms with E-state index < -0.39 is 18.8 Å². The predicted octanol–water partition coefficient (Wildman–Crippen LogP) is 5.31. The van der Waals surface area contributed by atoms with Crippen LogP contribution in [0, 0.1) is 18.3 Å². The number of hydrogen-bond acceptors (Lipinski definition) is 5. The molecule has 1 heterocycles. The summed E-state index contributed by atoms with van der Waals surface area (Å²) >= 11 is 0. The Morgan fingerprint density at radius 1 is 1.20 bits per heavy atom. The minimum absolute atomic E-state index is 0.171. The van der Waals surface area contributed by atoms with E-state index in [1.165, 1.54) is 6.07 Å². The minimum atomic E-state index is -4.39. The van der Waals surface area contributed by atoms with Crippen LogP contribution in [-0.4, -0.2) is 23.8 Å². The van der Waals surface area contributed by atoms with Crippen LogP contribution in [0.5, 0.6) is 5.75 Å². The van der Waals surface area contributed by atoms with E-state index in [2.05, 4.69) is 26.6 Å². The zero-order valence-corrected chi connectivity index (χ0v) is 16.3. The van der Waals surface area contributed by atoms with Crippen LogP contribution < -0.4 is 15.6 Å². The fourth-order valence-electron chi connectivity index (χ4n) is 2.50. The Kier molecular flexibility index (Phi) is 7.34. The zero-order chi connectivity index (χ0) is 22.5. The molecule has 0 saturated heterocycles. The van der Waals surface area contributed by atoms with Crippen molar-refractivity contribution in [2.75, 3.05) is 5.43 Å². The van der Waals surface area contributed by atoms with Gasteiger partial charge in [-0.1, -0.05) is 12.1 Å². The molecule has 0 aliphatic carbocycles. The van der Waals surface area contributed by atoms with E-state index in [0.717, 1.165) is 13.1 Å². The number of aryl methyl sites for hydroxylation is 1. The molecule has 160 valence electrons. The van der Waals surface area contributed by atoms with Crippen molar-refractivity contribution in [1.29, 1.82) is 5.26 Å². The second-order valence-electron chi connectivity index (χ2n) is 6.40. The first-order chi connectivity index (χ1) is 14.0. The fourth-order valence-corrected chi connectivity index (χ4v) is 2.50. The van der Waals surface area contributed by atoms with Crippen molar-refractivity contribution in [3.63, 3.8) is 0 Å². The van der Waals surface area contributed by atoms with Crippen LogP contribution in [0.1, 0.15) is 30.7 Å². The molecule has 2 aromatic rings. The molecule has 0 saturated carbocycles. The van der Waals surface area contributed by atoms with Crippen LogP contribution in [0.15, 0.2) is 36.5 Å². The highest BCUT2D eigenvalue weighted by Gasteiger charge is 2.35. The summed E-state index contributed by atoms with van der Waals surface area (Å²) < 4.78 is 66.9. The number of nitrogens with one attached hydrogen (secondary N) is 2. The molecule has 0 amide bonds. The first-order valence-electron chi connectivity index (χ1n) is 8.74. The zero-order valence-electron chi connectivity index (χ0n) is 16.3. The number of ether oxygens (including phenoxy) is 1. The van der Waals surface area contributed by atoms with Gasteiger partial charge in [0.2, 0.25) is 0 Å². The highest BCUT2D eigenvalue weighted by Crippen LogP contribution is 2.30. The summed E-state index contributed by atoms with van der Waals surface area (Å²) in [6, 6.07) is 7.96. The second kappa shape index (κ2) is 9.54. The SMILES string of the molecule is C/C(=C(/C#N)c1cc(OC(F)F)cnc1C)c1ccc(NN[C@@H](C)C(F)(F)F)cc1. The van der Waals surface area contributed by atoms with Crippen LogP contribution in [-0.2, 0) is 0 Å². The third-order valence-electron chi connectivity index (χ3n) is 4.29. The van der Waals surface area contributed by atoms with Gasteiger partial charge in [-0.2, -0.15) is 27.2 Å². The van der Waals surface area contributed by atoms with Gasteiger partial charge in [-0.25, -0.2) is 5.43 Å². The van der Waals surface area contributed by atoms with E-state index in [1.807, 2.05) is 0 Å². The number of allylic oxidation sites excluding steroid dienone is 2. The third kappa shape index (κ3) is 5.90. The van der Waals surface area contributed by atoms with Crippen molar-refractivity contribution in [1.82, 2.24) is 10.4 Å². The Morgan fingerprint density at radius 3 is 2.37 bits per heavy atom. The van der Waals surface area contributed by atoms with Gasteiger partial charge in [0.15, 0.2) is 0 Å². The number of rotatable bonds is 7. The van der Waals surface area contributed by atoms with Crippen molar-refractivity contribution in [3.8, 4) is 11.8 Å². The molecule has 2 rings (SSSR count). The van der Waals surface area contributed by atoms with Gasteiger partial charge in [-0.05, 0) is 50.1 Å². The summed E-state index contributed by atoms with van der Waals surface area (Å²) in [6.07, 6.45) is -3.24. The molecule has 0 bridgehead atoms. The maximum absolute atomic E-state index is 12.5. The maximum atomic E-state index is 12.5. The molecular weight excluding hydrogens is 407 g/mol. The first kappa shape index (κ1) is 23.1. The summed E-state index contributed by atoms with van der Waals surface area (Å²) in [7, 11) is 0. The topological polar surface area (TPSA) is 70.0 Å². The molecule has 0 fully saturated rings. The highest BCUT2D eigenvalue weighted by atomic mass is 19.4. The van der Waals surface area contributed by atoms with E-state index in [1.54, 1.807) is 38.1 Å². The van der Waals surface area contributed by atoms with Crippen LogP contribution >= 0.6 is 0 Å². The van der Waals surface area contributed by atoms with Gasteiger partial charge in [-0.3, -0.25) is 4.98 Å². The Morgan fingerprint density at radius 2 is 1.83 bits per heavy atom. The van der Waals surface area contributed by atoms with Gasteiger partial charge in [0.05, 0.1) is 11.8 Å². The summed E-state index contributed by atoms with van der Waals surface area (Å²) in [5, 5.41) is 9.63. The largest absolute Gasteiger partial charge is 0.433 e. The van der Waals surface area contributed by atoms with E-state index >= 15 is 0 Å². The Hall–Kier alpha value is -3.19. The lowest BCUT2D eigenvalue weighted by atomic mass is 9.95. The number of aromatic nitrogens is 1. The van der Waals surface area contributed by atoms with Crippen molar-refractivity contribution in [2.45, 2.75) is 39.6 Å². The molecule has 5 nitrogen and oxygen atoms in total. The second-order valence-corrected chi connectivity index (χ2v) is 6.40. The molecule has 0 spiro atoms. The maximum Gasteiger partial charge on any atom is 0.405 e. The lowest BCUT2D eigenvalue weighted by molar-refractivity contribution is -0.150. The van der Waals surface area contributed by atoms with E-state index in [-0.39, 0.29) is 11.3 Å². The smallest absolute Gasteiger partial charge is 0.405 e. The summed E-state index contributed by atoms with van der Waals surface area (Å²) in [5.41, 5.74) is 7.20. The number of nitriles is 1. The van der Waals surface area contributed by atoms with Crippen molar-refractivity contribution >= 4 is 16.8 Å². The molecule has 1 aromatic carbocycles. The van der Waals surface area contributed by atoms with Gasteiger partial charge in [0.1, 0.15) is 17.9 Å². The van der Waals surface area contributed by atoms with Gasteiger partial charge in [0.25, 0.3) is 0 Å². The first-order valence-corrected chi connectivity index (χ1v) is 8.74. The van der Waals surface area contributed by atoms with Crippen LogP contribution in [0.4, 0.5) is 27.6 Å². The number of nitrogens with zero attached hydrogens (tertiary/aromatic N) is 2. The summed E-state index contributed by atoms with van der Waals surface area (Å²) in [4.78, 5) is 4.00. The third-order valence-corrected chi connectivity index (χ3v) is 4.29. The predicted molar refractivity (Wildman–Crippen MR) is 102 cm³/mol. The molecule has 1 aromatic heterocycles. The number of anilines is 1. The average Bonchev–Trinajstić information content (AvgIpc) is 2.68. The van der Waals surface area contributed by atoms with Crippen LogP contribution in [0.3, 0.4) is 0 Å². The Balaban J connectivity index is 2.28. The highest BCUT2D eigenvalue weighted by molar-refractivity contribution is 5.97. The molecule has 0 radical (unpaired) electrons. The van der Waals surface area contributed by atoms with Crippen LogP contribution in [0.25, 0.3) is 11.1 Å². The van der Waals surface area contributed by atoms with E-state index in [9.17, 15) is 27.2 Å². The number of hydrazine groups is 1. The average molecular weight is 426 g/mol. The molecular formula is C20H19F5N4O. The van der Waals surface area contributed by atoms with Crippen molar-refractivity contribution in [3.05, 3.63) is 53.3 Å². The lowest BCUT2D eigenvalue weighted by Gasteiger charge is -2.18. The number of alkyl halides is 5. The van der Waals surface area contributed by atoms with Crippen LogP contribution in [0.2, 0.25) is 0 Å². The number of benzene rings is 1. The van der Waals surface area contributed by atoms with Crippen molar-refractivity contribution in [2.24, 2.45) is 0 Å². The number of pyridine rings is 1. The van der Waals surface area contributed by atoms with E-state index in [0.29, 0.717) is 28.1 Å².